The third-order valence-electron chi connectivity index (χ3n) is 4.49. The van der Waals surface area contributed by atoms with Crippen molar-refractivity contribution < 1.29 is 13.9 Å². The van der Waals surface area contributed by atoms with E-state index in [0.717, 1.165) is 15.3 Å². The summed E-state index contributed by atoms with van der Waals surface area (Å²) < 4.78 is 19.7. The van der Waals surface area contributed by atoms with E-state index in [-0.39, 0.29) is 18.3 Å². The van der Waals surface area contributed by atoms with Gasteiger partial charge >= 0.3 is 0 Å². The number of hydrogen-bond acceptors (Lipinski definition) is 5. The van der Waals surface area contributed by atoms with Gasteiger partial charge < -0.3 is 14.5 Å². The number of thiazole rings is 1. The number of benzene rings is 2. The van der Waals surface area contributed by atoms with Gasteiger partial charge in [0.1, 0.15) is 11.6 Å². The van der Waals surface area contributed by atoms with Crippen LogP contribution in [0.3, 0.4) is 0 Å². The maximum Gasteiger partial charge on any atom is 0.260 e. The molecule has 1 aliphatic rings. The Morgan fingerprint density at radius 2 is 1.93 bits per heavy atom. The normalized spacial score (nSPS) is 14.5. The van der Waals surface area contributed by atoms with Crippen molar-refractivity contribution in [1.29, 1.82) is 0 Å². The largest absolute Gasteiger partial charge is 0.482 e. The van der Waals surface area contributed by atoms with Crippen LogP contribution in [0.5, 0.6) is 5.75 Å². The lowest BCUT2D eigenvalue weighted by atomic mass is 10.3. The number of rotatable bonds is 4. The fourth-order valence-electron chi connectivity index (χ4n) is 2.99. The van der Waals surface area contributed by atoms with Crippen LogP contribution in [-0.4, -0.2) is 48.6 Å². The number of carbonyl (C=O) groups is 1. The number of nitrogens with zero attached hydrogens (tertiary/aromatic N) is 3. The third kappa shape index (κ3) is 4.16. The molecule has 28 heavy (non-hydrogen) atoms. The molecule has 1 saturated heterocycles. The first-order valence-electron chi connectivity index (χ1n) is 8.66. The van der Waals surface area contributed by atoms with Crippen LogP contribution in [0.2, 0.25) is 10.0 Å². The Labute approximate surface area is 175 Å². The lowest BCUT2D eigenvalue weighted by Gasteiger charge is -2.34. The summed E-state index contributed by atoms with van der Waals surface area (Å²) in [6.45, 7) is 2.38. The molecule has 1 aromatic heterocycles. The van der Waals surface area contributed by atoms with Gasteiger partial charge in [-0.05, 0) is 36.4 Å². The van der Waals surface area contributed by atoms with Crippen molar-refractivity contribution >= 4 is 55.8 Å². The maximum atomic E-state index is 13.4. The Morgan fingerprint density at radius 3 is 2.68 bits per heavy atom. The molecule has 5 nitrogen and oxygen atoms in total. The highest BCUT2D eigenvalue weighted by Crippen LogP contribution is 2.30. The molecule has 0 bridgehead atoms. The third-order valence-corrected chi connectivity index (χ3v) is 6.10. The van der Waals surface area contributed by atoms with Crippen molar-refractivity contribution in [3.05, 3.63) is 52.3 Å². The molecule has 1 aliphatic heterocycles. The Morgan fingerprint density at radius 1 is 1.14 bits per heavy atom. The van der Waals surface area contributed by atoms with E-state index in [9.17, 15) is 9.18 Å². The van der Waals surface area contributed by atoms with E-state index in [0.29, 0.717) is 42.0 Å². The highest BCUT2D eigenvalue weighted by atomic mass is 35.5. The topological polar surface area (TPSA) is 45.7 Å². The van der Waals surface area contributed by atoms with Crippen molar-refractivity contribution in [3.8, 4) is 5.75 Å². The van der Waals surface area contributed by atoms with Gasteiger partial charge in [-0.2, -0.15) is 0 Å². The standard InChI is InChI=1S/C19H16Cl2FN3O2S/c20-12-1-4-16(14(21)9-12)27-11-18(26)24-5-7-25(8-6-24)19-23-15-3-2-13(22)10-17(15)28-19/h1-4,9-10H,5-8,11H2. The predicted octanol–water partition coefficient (Wildman–Crippen LogP) is 4.47. The van der Waals surface area contributed by atoms with Crippen molar-refractivity contribution in [2.45, 2.75) is 0 Å². The number of anilines is 1. The van der Waals surface area contributed by atoms with Gasteiger partial charge in [-0.15, -0.1) is 0 Å². The van der Waals surface area contributed by atoms with Crippen LogP contribution in [0, 0.1) is 5.82 Å². The molecule has 2 heterocycles. The first-order valence-corrected chi connectivity index (χ1v) is 10.2. The maximum absolute atomic E-state index is 13.4. The van der Waals surface area contributed by atoms with Crippen LogP contribution in [0.4, 0.5) is 9.52 Å². The summed E-state index contributed by atoms with van der Waals surface area (Å²) in [6.07, 6.45) is 0. The second-order valence-electron chi connectivity index (χ2n) is 6.34. The van der Waals surface area contributed by atoms with Gasteiger partial charge in [0, 0.05) is 31.2 Å². The Balaban J connectivity index is 1.33. The van der Waals surface area contributed by atoms with Crippen LogP contribution >= 0.6 is 34.5 Å². The van der Waals surface area contributed by atoms with Crippen LogP contribution in [0.15, 0.2) is 36.4 Å². The minimum Gasteiger partial charge on any atom is -0.482 e. The Kier molecular flexibility index (Phi) is 5.57. The minimum atomic E-state index is -0.265. The van der Waals surface area contributed by atoms with Crippen LogP contribution < -0.4 is 9.64 Å². The van der Waals surface area contributed by atoms with Gasteiger partial charge in [-0.3, -0.25) is 4.79 Å². The second kappa shape index (κ2) is 8.11. The van der Waals surface area contributed by atoms with Crippen molar-refractivity contribution in [2.24, 2.45) is 0 Å². The lowest BCUT2D eigenvalue weighted by Crippen LogP contribution is -2.50. The average molecular weight is 440 g/mol. The van der Waals surface area contributed by atoms with E-state index in [1.54, 1.807) is 29.2 Å². The van der Waals surface area contributed by atoms with Crippen molar-refractivity contribution in [2.75, 3.05) is 37.7 Å². The quantitative estimate of drug-likeness (QED) is 0.601. The molecule has 0 aliphatic carbocycles. The zero-order chi connectivity index (χ0) is 19.7. The molecule has 0 unspecified atom stereocenters. The number of halogens is 3. The zero-order valence-corrected chi connectivity index (χ0v) is 17.0. The molecule has 9 heteroatoms. The van der Waals surface area contributed by atoms with Crippen LogP contribution in [0.1, 0.15) is 0 Å². The molecule has 0 radical (unpaired) electrons. The molecule has 0 N–H and O–H groups in total. The summed E-state index contributed by atoms with van der Waals surface area (Å²) in [6, 6.07) is 9.47. The molecule has 0 spiro atoms. The van der Waals surface area contributed by atoms with E-state index in [4.69, 9.17) is 27.9 Å². The number of fused-ring (bicyclic) bond motifs is 1. The van der Waals surface area contributed by atoms with Crippen molar-refractivity contribution in [3.63, 3.8) is 0 Å². The van der Waals surface area contributed by atoms with Gasteiger partial charge in [-0.1, -0.05) is 34.5 Å². The van der Waals surface area contributed by atoms with Gasteiger partial charge in [0.2, 0.25) is 0 Å². The molecule has 4 rings (SSSR count). The molecule has 1 amide bonds. The average Bonchev–Trinajstić information content (AvgIpc) is 3.10. The van der Waals surface area contributed by atoms with Gasteiger partial charge in [0.25, 0.3) is 5.91 Å². The fourth-order valence-corrected chi connectivity index (χ4v) is 4.50. The summed E-state index contributed by atoms with van der Waals surface area (Å²) in [5, 5.41) is 1.73. The minimum absolute atomic E-state index is 0.0816. The molecular weight excluding hydrogens is 424 g/mol. The van der Waals surface area contributed by atoms with E-state index in [1.165, 1.54) is 23.5 Å². The Hall–Kier alpha value is -2.09. The van der Waals surface area contributed by atoms with E-state index in [2.05, 4.69) is 9.88 Å². The van der Waals surface area contributed by atoms with E-state index < -0.39 is 0 Å². The molecule has 3 aromatic rings. The van der Waals surface area contributed by atoms with E-state index >= 15 is 0 Å². The molecule has 0 saturated carbocycles. The molecule has 1 fully saturated rings. The predicted molar refractivity (Wildman–Crippen MR) is 110 cm³/mol. The second-order valence-corrected chi connectivity index (χ2v) is 8.19. The van der Waals surface area contributed by atoms with Gasteiger partial charge in [0.15, 0.2) is 11.7 Å². The lowest BCUT2D eigenvalue weighted by molar-refractivity contribution is -0.133. The number of hydrogen-bond donors (Lipinski definition) is 0. The highest BCUT2D eigenvalue weighted by Gasteiger charge is 2.23. The fraction of sp³-hybridized carbons (Fsp3) is 0.263. The first-order chi connectivity index (χ1) is 13.5. The summed E-state index contributed by atoms with van der Waals surface area (Å²) in [4.78, 5) is 20.9. The van der Waals surface area contributed by atoms with Gasteiger partial charge in [0.05, 0.1) is 15.2 Å². The summed E-state index contributed by atoms with van der Waals surface area (Å²) in [5.41, 5.74) is 0.785. The molecule has 2 aromatic carbocycles. The number of aromatic nitrogens is 1. The SMILES string of the molecule is O=C(COc1ccc(Cl)cc1Cl)N1CCN(c2nc3ccc(F)cc3s2)CC1. The number of piperazine rings is 1. The van der Waals surface area contributed by atoms with Crippen molar-refractivity contribution in [1.82, 2.24) is 9.88 Å². The summed E-state index contributed by atoms with van der Waals surface area (Å²) in [5.74, 6) is 0.0655. The van der Waals surface area contributed by atoms with E-state index in [1.807, 2.05) is 0 Å². The molecular formula is C19H16Cl2FN3O2S. The van der Waals surface area contributed by atoms with Gasteiger partial charge in [-0.25, -0.2) is 9.37 Å². The first kappa shape index (κ1) is 19.2. The molecule has 0 atom stereocenters. The summed E-state index contributed by atoms with van der Waals surface area (Å²) in [7, 11) is 0. The van der Waals surface area contributed by atoms with Crippen LogP contribution in [0.25, 0.3) is 10.2 Å². The van der Waals surface area contributed by atoms with Crippen LogP contribution in [-0.2, 0) is 4.79 Å². The number of carbonyl (C=O) groups excluding carboxylic acids is 1. The zero-order valence-electron chi connectivity index (χ0n) is 14.7. The highest BCUT2D eigenvalue weighted by molar-refractivity contribution is 7.22. The smallest absolute Gasteiger partial charge is 0.260 e. The summed E-state index contributed by atoms with van der Waals surface area (Å²) >= 11 is 13.4. The monoisotopic (exact) mass is 439 g/mol. The Bertz CT molecular complexity index is 1020. The molecule has 146 valence electrons. The number of amides is 1. The number of ether oxygens (including phenoxy) is 1.